The van der Waals surface area contributed by atoms with Gasteiger partial charge in [0.05, 0.1) is 31.3 Å². The first-order valence-corrected chi connectivity index (χ1v) is 4.32. The normalized spacial score (nSPS) is 11.8. The Balaban J connectivity index is 0. The van der Waals surface area contributed by atoms with E-state index in [4.69, 9.17) is 18.8 Å². The van der Waals surface area contributed by atoms with E-state index in [9.17, 15) is 0 Å². The minimum absolute atomic E-state index is 0.500. The first-order valence-electron chi connectivity index (χ1n) is 2.51. The van der Waals surface area contributed by atoms with Gasteiger partial charge in [0.1, 0.15) is 0 Å². The van der Waals surface area contributed by atoms with Crippen LogP contribution in [0.25, 0.3) is 0 Å². The lowest BCUT2D eigenvalue weighted by Crippen LogP contribution is -2.41. The first kappa shape index (κ1) is 12.5. The summed E-state index contributed by atoms with van der Waals surface area (Å²) in [5.41, 5.74) is 0. The van der Waals surface area contributed by atoms with Gasteiger partial charge in [-0.2, -0.15) is 5.84 Å². The van der Waals surface area contributed by atoms with E-state index in [1.54, 1.807) is 0 Å². The number of quaternary nitrogens is 1. The molecule has 0 unspecified atom stereocenters. The quantitative estimate of drug-likeness (QED) is 0.212. The van der Waals surface area contributed by atoms with Gasteiger partial charge in [-0.1, -0.05) is 0 Å². The van der Waals surface area contributed by atoms with Crippen LogP contribution in [0.2, 0.25) is 0 Å². The Morgan fingerprint density at radius 2 is 1.30 bits per heavy atom. The monoisotopic (exact) mass is 170 g/mol. The molecule has 2 N–H and O–H groups in total. The fourth-order valence-electron chi connectivity index (χ4n) is 0. The van der Waals surface area contributed by atoms with Crippen molar-refractivity contribution in [3.63, 3.8) is 0 Å². The van der Waals surface area contributed by atoms with Crippen LogP contribution in [0.4, 0.5) is 0 Å². The highest BCUT2D eigenvalue weighted by Gasteiger charge is 1.89. The second kappa shape index (κ2) is 3.87. The van der Waals surface area contributed by atoms with Crippen molar-refractivity contribution >= 4 is 10.1 Å². The molecule has 0 aliphatic carbocycles. The average molecular weight is 170 g/mol. The van der Waals surface area contributed by atoms with E-state index in [1.165, 1.54) is 0 Å². The van der Waals surface area contributed by atoms with Crippen LogP contribution >= 0.6 is 0 Å². The molecule has 64 valence electrons. The molecule has 0 aromatic heterocycles. The third kappa shape index (κ3) is 12600. The Labute approximate surface area is 61.7 Å². The van der Waals surface area contributed by atoms with E-state index in [2.05, 4.69) is 0 Å². The van der Waals surface area contributed by atoms with Crippen LogP contribution in [0.3, 0.4) is 0 Å². The topological polar surface area (TPSA) is 83.2 Å². The maximum absolute atomic E-state index is 9.08. The zero-order valence-corrected chi connectivity index (χ0v) is 7.47. The molecule has 0 aliphatic heterocycles. The number of nitrogens with zero attached hydrogens (tertiary/aromatic N) is 1. The molecule has 0 aliphatic rings. The van der Waals surface area contributed by atoms with Gasteiger partial charge in [-0.3, -0.25) is 4.59 Å². The van der Waals surface area contributed by atoms with E-state index in [0.717, 1.165) is 0 Å². The lowest BCUT2D eigenvalue weighted by atomic mass is 10.9. The molecular formula is C4H14N2O3S. The van der Waals surface area contributed by atoms with Gasteiger partial charge in [0, 0.05) is 6.26 Å². The lowest BCUT2D eigenvalue weighted by Gasteiger charge is -2.12. The fraction of sp³-hybridized carbons (Fsp3) is 1.00. The van der Waals surface area contributed by atoms with Crippen LogP contribution in [0, 0.1) is 0 Å². The van der Waals surface area contributed by atoms with Crippen LogP contribution in [0.15, 0.2) is 0 Å². The zero-order valence-electron chi connectivity index (χ0n) is 6.66. The van der Waals surface area contributed by atoms with Crippen molar-refractivity contribution < 1.29 is 17.6 Å². The standard InChI is InChI=1S/C3H11N2.CH4O3S/c2*1-5(2,3)4/h4H2,1-3H3;1H3,(H,2,3,4)/q+1;/p-1. The summed E-state index contributed by atoms with van der Waals surface area (Å²) in [6, 6.07) is 0. The molecule has 0 saturated carbocycles. The molecule has 0 aromatic rings. The number of hydrogen-bond acceptors (Lipinski definition) is 4. The molecule has 0 amide bonds. The summed E-state index contributed by atoms with van der Waals surface area (Å²) in [6.07, 6.45) is 0.604. The summed E-state index contributed by atoms with van der Waals surface area (Å²) in [5, 5.41) is 0. The highest BCUT2D eigenvalue weighted by molar-refractivity contribution is 7.84. The SMILES string of the molecule is CS(=O)(=O)[O-].C[N+](C)(C)N. The van der Waals surface area contributed by atoms with E-state index >= 15 is 0 Å². The molecular weight excluding hydrogens is 156 g/mol. The molecule has 0 heterocycles. The second-order valence-corrected chi connectivity index (χ2v) is 4.23. The zero-order chi connectivity index (χ0) is 9.00. The van der Waals surface area contributed by atoms with Crippen LogP contribution in [-0.2, 0) is 10.1 Å². The van der Waals surface area contributed by atoms with Crippen molar-refractivity contribution in [1.29, 1.82) is 0 Å². The molecule has 0 fully saturated rings. The molecule has 0 radical (unpaired) electrons. The molecule has 5 nitrogen and oxygen atoms in total. The number of hydrogen-bond donors (Lipinski definition) is 1. The largest absolute Gasteiger partial charge is 0.748 e. The highest BCUT2D eigenvalue weighted by atomic mass is 32.2. The van der Waals surface area contributed by atoms with E-state index in [1.807, 2.05) is 21.1 Å². The first-order chi connectivity index (χ1) is 4.00. The second-order valence-electron chi connectivity index (χ2n) is 2.82. The average Bonchev–Trinajstić information content (AvgIpc) is 1.12. The third-order valence-electron chi connectivity index (χ3n) is 0. The maximum atomic E-state index is 9.08. The predicted molar refractivity (Wildman–Crippen MR) is 37.8 cm³/mol. The molecule has 0 spiro atoms. The molecule has 0 bridgehead atoms. The van der Waals surface area contributed by atoms with Gasteiger partial charge in [-0.15, -0.1) is 0 Å². The van der Waals surface area contributed by atoms with E-state index in [-0.39, 0.29) is 0 Å². The summed E-state index contributed by atoms with van der Waals surface area (Å²) in [5.74, 6) is 5.29. The van der Waals surface area contributed by atoms with Crippen LogP contribution in [-0.4, -0.2) is 45.0 Å². The Hall–Kier alpha value is -0.170. The smallest absolute Gasteiger partial charge is 0.0916 e. The molecule has 10 heavy (non-hydrogen) atoms. The van der Waals surface area contributed by atoms with Crippen molar-refractivity contribution in [2.45, 2.75) is 0 Å². The Morgan fingerprint density at radius 3 is 1.30 bits per heavy atom. The maximum Gasteiger partial charge on any atom is 0.0916 e. The Bertz CT molecular complexity index is 153. The van der Waals surface area contributed by atoms with Crippen molar-refractivity contribution in [2.24, 2.45) is 5.84 Å². The van der Waals surface area contributed by atoms with Crippen molar-refractivity contribution in [1.82, 2.24) is 0 Å². The summed E-state index contributed by atoms with van der Waals surface area (Å²) >= 11 is 0. The third-order valence-corrected chi connectivity index (χ3v) is 0. The minimum atomic E-state index is -3.92. The summed E-state index contributed by atoms with van der Waals surface area (Å²) in [6.45, 7) is 0. The highest BCUT2D eigenvalue weighted by Crippen LogP contribution is 1.65. The molecule has 0 atom stereocenters. The van der Waals surface area contributed by atoms with Crippen LogP contribution in [0.5, 0.6) is 0 Å². The number of nitrogens with two attached hydrogens (primary N) is 1. The van der Waals surface area contributed by atoms with Gasteiger partial charge in [-0.25, -0.2) is 8.42 Å². The van der Waals surface area contributed by atoms with Gasteiger partial charge in [0.25, 0.3) is 0 Å². The molecule has 0 rings (SSSR count). The fourth-order valence-corrected chi connectivity index (χ4v) is 0. The van der Waals surface area contributed by atoms with Gasteiger partial charge in [0.2, 0.25) is 0 Å². The van der Waals surface area contributed by atoms with Gasteiger partial charge >= 0.3 is 0 Å². The molecule has 0 aromatic carbocycles. The molecule has 0 saturated heterocycles. The van der Waals surface area contributed by atoms with E-state index < -0.39 is 10.1 Å². The van der Waals surface area contributed by atoms with Gasteiger partial charge < -0.3 is 4.55 Å². The predicted octanol–water partition coefficient (Wildman–Crippen LogP) is -1.27. The van der Waals surface area contributed by atoms with Crippen molar-refractivity contribution in [3.05, 3.63) is 0 Å². The van der Waals surface area contributed by atoms with E-state index in [0.29, 0.717) is 10.8 Å². The summed E-state index contributed by atoms with van der Waals surface area (Å²) in [7, 11) is 1.79. The van der Waals surface area contributed by atoms with Crippen molar-refractivity contribution in [3.8, 4) is 0 Å². The van der Waals surface area contributed by atoms with Crippen molar-refractivity contribution in [2.75, 3.05) is 27.4 Å². The van der Waals surface area contributed by atoms with Gasteiger partial charge in [-0.05, 0) is 0 Å². The molecule has 6 heteroatoms. The van der Waals surface area contributed by atoms with Crippen LogP contribution in [0.1, 0.15) is 0 Å². The Kier molecular flexibility index (Phi) is 4.84. The van der Waals surface area contributed by atoms with Crippen LogP contribution < -0.4 is 5.84 Å². The minimum Gasteiger partial charge on any atom is -0.748 e. The van der Waals surface area contributed by atoms with Gasteiger partial charge in [0.15, 0.2) is 0 Å². The summed E-state index contributed by atoms with van der Waals surface area (Å²) < 4.78 is 27.7. The Morgan fingerprint density at radius 1 is 1.30 bits per heavy atom. The number of rotatable bonds is 0. The lowest BCUT2D eigenvalue weighted by molar-refractivity contribution is -0.882. The summed E-state index contributed by atoms with van der Waals surface area (Å²) in [4.78, 5) is 0.